The van der Waals surface area contributed by atoms with Gasteiger partial charge in [0.15, 0.2) is 5.82 Å². The molecular formula is C26H26N6. The molecule has 0 amide bonds. The summed E-state index contributed by atoms with van der Waals surface area (Å²) in [6, 6.07) is 18.9. The first-order valence-electron chi connectivity index (χ1n) is 11.4. The van der Waals surface area contributed by atoms with Crippen molar-refractivity contribution >= 4 is 28.5 Å². The third-order valence-electron chi connectivity index (χ3n) is 6.50. The first-order valence-corrected chi connectivity index (χ1v) is 11.4. The van der Waals surface area contributed by atoms with Gasteiger partial charge in [0.25, 0.3) is 0 Å². The fourth-order valence-corrected chi connectivity index (χ4v) is 4.72. The van der Waals surface area contributed by atoms with Gasteiger partial charge in [0.1, 0.15) is 5.82 Å². The first-order chi connectivity index (χ1) is 15.8. The van der Waals surface area contributed by atoms with E-state index < -0.39 is 0 Å². The van der Waals surface area contributed by atoms with Gasteiger partial charge in [-0.05, 0) is 54.4 Å². The van der Waals surface area contributed by atoms with Crippen LogP contribution in [0.25, 0.3) is 10.9 Å². The topological polar surface area (TPSA) is 78.5 Å². The zero-order valence-electron chi connectivity index (χ0n) is 17.9. The Hall–Kier alpha value is -3.67. The van der Waals surface area contributed by atoms with Gasteiger partial charge in [-0.15, -0.1) is 0 Å². The van der Waals surface area contributed by atoms with Gasteiger partial charge in [-0.2, -0.15) is 10.1 Å². The summed E-state index contributed by atoms with van der Waals surface area (Å²) >= 11 is 0. The lowest BCUT2D eigenvalue weighted by Crippen LogP contribution is -2.08. The van der Waals surface area contributed by atoms with Gasteiger partial charge in [-0.3, -0.25) is 5.10 Å². The number of hydrogen-bond acceptors (Lipinski definition) is 5. The quantitative estimate of drug-likeness (QED) is 0.317. The van der Waals surface area contributed by atoms with Crippen molar-refractivity contribution in [2.45, 2.75) is 38.1 Å². The van der Waals surface area contributed by atoms with Crippen LogP contribution in [0, 0.1) is 5.92 Å². The number of aromatic nitrogens is 4. The van der Waals surface area contributed by atoms with Crippen molar-refractivity contribution in [3.05, 3.63) is 83.6 Å². The Morgan fingerprint density at radius 2 is 1.84 bits per heavy atom. The number of aromatic amines is 1. The molecular weight excluding hydrogens is 396 g/mol. The van der Waals surface area contributed by atoms with E-state index in [1.54, 1.807) is 0 Å². The Labute approximate surface area is 187 Å². The van der Waals surface area contributed by atoms with Crippen LogP contribution in [0.2, 0.25) is 0 Å². The van der Waals surface area contributed by atoms with E-state index in [1.807, 2.05) is 30.3 Å². The summed E-state index contributed by atoms with van der Waals surface area (Å²) < 4.78 is 0. The molecule has 6 heteroatoms. The second-order valence-corrected chi connectivity index (χ2v) is 8.72. The maximum atomic E-state index is 4.80. The summed E-state index contributed by atoms with van der Waals surface area (Å²) in [5.41, 5.74) is 4.78. The van der Waals surface area contributed by atoms with Crippen LogP contribution >= 0.6 is 0 Å². The average molecular weight is 423 g/mol. The van der Waals surface area contributed by atoms with Crippen molar-refractivity contribution < 1.29 is 0 Å². The Bertz CT molecular complexity index is 1290. The van der Waals surface area contributed by atoms with E-state index in [4.69, 9.17) is 9.97 Å². The lowest BCUT2D eigenvalue weighted by molar-refractivity contribution is 0.713. The minimum Gasteiger partial charge on any atom is -0.350 e. The Kier molecular flexibility index (Phi) is 4.83. The summed E-state index contributed by atoms with van der Waals surface area (Å²) in [6.07, 6.45) is 9.07. The Morgan fingerprint density at radius 3 is 2.84 bits per heavy atom. The van der Waals surface area contributed by atoms with Crippen molar-refractivity contribution in [3.8, 4) is 0 Å². The molecule has 3 heterocycles. The molecule has 4 bridgehead atoms. The molecule has 1 aliphatic heterocycles. The Morgan fingerprint density at radius 1 is 0.938 bits per heavy atom. The first kappa shape index (κ1) is 19.0. The minimum absolute atomic E-state index is 0.619. The standard InChI is InChI=1S/C26H26N6/c1-2-8-17-14-22(17)20-11-5-4-9-18(20)16-27-26-28-23-13-7-6-12-21(23)25(30-26)29-24-15-19(10-3-1)31-32-24/h1,3-7,9,11-13,15,17,22H,2,8,10,14,16H2,(H3,27,28,29,30,31,32)/b3-1-. The molecule has 0 saturated heterocycles. The number of rotatable bonds is 0. The molecule has 1 aliphatic carbocycles. The highest BCUT2D eigenvalue weighted by molar-refractivity contribution is 5.91. The highest BCUT2D eigenvalue weighted by Gasteiger charge is 2.38. The number of H-pyrrole nitrogens is 1. The lowest BCUT2D eigenvalue weighted by atomic mass is 10.0. The molecule has 6 nitrogen and oxygen atoms in total. The van der Waals surface area contributed by atoms with Gasteiger partial charge in [-0.25, -0.2) is 4.98 Å². The maximum Gasteiger partial charge on any atom is 0.225 e. The Balaban J connectivity index is 1.38. The van der Waals surface area contributed by atoms with Crippen molar-refractivity contribution in [2.24, 2.45) is 5.92 Å². The summed E-state index contributed by atoms with van der Waals surface area (Å²) in [6.45, 7) is 0.712. The van der Waals surface area contributed by atoms with E-state index >= 15 is 0 Å². The zero-order valence-corrected chi connectivity index (χ0v) is 17.9. The number of benzene rings is 2. The molecule has 4 aromatic rings. The van der Waals surface area contributed by atoms with Crippen molar-refractivity contribution in [3.63, 3.8) is 0 Å². The van der Waals surface area contributed by atoms with Gasteiger partial charge >= 0.3 is 0 Å². The molecule has 2 aromatic heterocycles. The molecule has 6 rings (SSSR count). The number of anilines is 3. The van der Waals surface area contributed by atoms with Crippen LogP contribution in [0.4, 0.5) is 17.6 Å². The highest BCUT2D eigenvalue weighted by Crippen LogP contribution is 2.51. The van der Waals surface area contributed by atoms with Crippen LogP contribution in [0.3, 0.4) is 0 Å². The van der Waals surface area contributed by atoms with Gasteiger partial charge in [0.2, 0.25) is 5.95 Å². The minimum atomic E-state index is 0.619. The molecule has 2 aromatic carbocycles. The van der Waals surface area contributed by atoms with Crippen molar-refractivity contribution in [1.82, 2.24) is 20.2 Å². The molecule has 1 fully saturated rings. The van der Waals surface area contributed by atoms with Crippen LogP contribution in [0.15, 0.2) is 66.7 Å². The number of allylic oxidation sites excluding steroid dienone is 2. The van der Waals surface area contributed by atoms with Crippen LogP contribution in [0.1, 0.15) is 42.0 Å². The van der Waals surface area contributed by atoms with Gasteiger partial charge in [0.05, 0.1) is 5.52 Å². The number of hydrogen-bond donors (Lipinski definition) is 3. The molecule has 2 aliphatic rings. The summed E-state index contributed by atoms with van der Waals surface area (Å²) in [4.78, 5) is 9.56. The molecule has 160 valence electrons. The lowest BCUT2D eigenvalue weighted by Gasteiger charge is -2.13. The molecule has 32 heavy (non-hydrogen) atoms. The SMILES string of the molecule is C1=C\Cc2cc(n[nH]2)Nc2nc(nc3ccccc23)NCc2ccccc2C2CC2CC/1. The predicted molar refractivity (Wildman–Crippen MR) is 128 cm³/mol. The van der Waals surface area contributed by atoms with E-state index in [0.717, 1.165) is 47.0 Å². The molecule has 2 unspecified atom stereocenters. The summed E-state index contributed by atoms with van der Waals surface area (Å²) in [5, 5.41) is 15.4. The van der Waals surface area contributed by atoms with Crippen LogP contribution in [-0.4, -0.2) is 20.2 Å². The van der Waals surface area contributed by atoms with E-state index in [1.165, 1.54) is 24.0 Å². The molecule has 2 atom stereocenters. The molecule has 0 spiro atoms. The summed E-state index contributed by atoms with van der Waals surface area (Å²) in [7, 11) is 0. The summed E-state index contributed by atoms with van der Waals surface area (Å²) in [5.74, 6) is 3.59. The largest absolute Gasteiger partial charge is 0.350 e. The second-order valence-electron chi connectivity index (χ2n) is 8.72. The van der Waals surface area contributed by atoms with E-state index in [2.05, 4.69) is 57.2 Å². The average Bonchev–Trinajstić information content (AvgIpc) is 3.46. The zero-order chi connectivity index (χ0) is 21.3. The fourth-order valence-electron chi connectivity index (χ4n) is 4.72. The van der Waals surface area contributed by atoms with Crippen LogP contribution in [-0.2, 0) is 13.0 Å². The fraction of sp³-hybridized carbons (Fsp3) is 0.269. The number of para-hydroxylation sites is 1. The van der Waals surface area contributed by atoms with E-state index in [9.17, 15) is 0 Å². The van der Waals surface area contributed by atoms with Crippen molar-refractivity contribution in [2.75, 3.05) is 10.6 Å². The van der Waals surface area contributed by atoms with Gasteiger partial charge in [0, 0.05) is 30.1 Å². The maximum absolute atomic E-state index is 4.80. The highest BCUT2D eigenvalue weighted by atomic mass is 15.2. The predicted octanol–water partition coefficient (Wildman–Crippen LogP) is 5.70. The number of fused-ring (bicyclic) bond motifs is 9. The molecule has 3 N–H and O–H groups in total. The van der Waals surface area contributed by atoms with Gasteiger partial charge in [-0.1, -0.05) is 48.6 Å². The normalized spacial score (nSPS) is 21.2. The van der Waals surface area contributed by atoms with Crippen molar-refractivity contribution in [1.29, 1.82) is 0 Å². The smallest absolute Gasteiger partial charge is 0.225 e. The third-order valence-corrected chi connectivity index (χ3v) is 6.50. The van der Waals surface area contributed by atoms with E-state index in [0.29, 0.717) is 18.4 Å². The van der Waals surface area contributed by atoms with Crippen LogP contribution < -0.4 is 10.6 Å². The van der Waals surface area contributed by atoms with Gasteiger partial charge < -0.3 is 10.6 Å². The van der Waals surface area contributed by atoms with E-state index in [-0.39, 0.29) is 0 Å². The molecule has 0 radical (unpaired) electrons. The second kappa shape index (κ2) is 8.11. The number of nitrogens with one attached hydrogen (secondary N) is 3. The molecule has 1 saturated carbocycles. The van der Waals surface area contributed by atoms with Crippen LogP contribution in [0.5, 0.6) is 0 Å². The monoisotopic (exact) mass is 422 g/mol. The number of nitrogens with zero attached hydrogens (tertiary/aromatic N) is 3. The third kappa shape index (κ3) is 3.84.